The van der Waals surface area contributed by atoms with Crippen LogP contribution in [-0.2, 0) is 25.7 Å². The molecule has 0 spiro atoms. The van der Waals surface area contributed by atoms with Gasteiger partial charge in [-0.2, -0.15) is 0 Å². The topological polar surface area (TPSA) is 76.1 Å². The van der Waals surface area contributed by atoms with E-state index in [1.54, 1.807) is 43.1 Å². The Balaban J connectivity index is 1.87. The number of rotatable bonds is 8. The molecule has 2 unspecified atom stereocenters. The molecule has 2 aromatic rings. The minimum absolute atomic E-state index is 0.131. The maximum Gasteiger partial charge on any atom is 0.306 e. The van der Waals surface area contributed by atoms with Gasteiger partial charge in [0.05, 0.1) is 31.7 Å². The van der Waals surface area contributed by atoms with Crippen molar-refractivity contribution in [2.45, 2.75) is 25.9 Å². The van der Waals surface area contributed by atoms with Gasteiger partial charge in [0.1, 0.15) is 11.8 Å². The van der Waals surface area contributed by atoms with E-state index in [0.717, 1.165) is 5.56 Å². The van der Waals surface area contributed by atoms with E-state index >= 15 is 0 Å². The van der Waals surface area contributed by atoms with Crippen molar-refractivity contribution in [2.75, 3.05) is 25.7 Å². The maximum absolute atomic E-state index is 13.3. The first-order chi connectivity index (χ1) is 14.5. The molecule has 7 nitrogen and oxygen atoms in total. The van der Waals surface area contributed by atoms with Crippen LogP contribution in [0.1, 0.15) is 18.9 Å². The van der Waals surface area contributed by atoms with Crippen LogP contribution in [0.15, 0.2) is 54.6 Å². The Bertz CT molecular complexity index is 915. The summed E-state index contributed by atoms with van der Waals surface area (Å²) in [6.07, 6.45) is -0.131. The number of hydrogen-bond donors (Lipinski definition) is 0. The van der Waals surface area contributed by atoms with Crippen LogP contribution in [0.25, 0.3) is 0 Å². The summed E-state index contributed by atoms with van der Waals surface area (Å²) in [5, 5.41) is 0. The number of nitrogens with zero attached hydrogens (tertiary/aromatic N) is 2. The smallest absolute Gasteiger partial charge is 0.306 e. The summed E-state index contributed by atoms with van der Waals surface area (Å²) < 4.78 is 10.4. The highest BCUT2D eigenvalue weighted by Crippen LogP contribution is 2.40. The van der Waals surface area contributed by atoms with Crippen LogP contribution in [0.5, 0.6) is 5.75 Å². The van der Waals surface area contributed by atoms with Crippen molar-refractivity contribution in [1.82, 2.24) is 4.90 Å². The molecule has 1 heterocycles. The van der Waals surface area contributed by atoms with Gasteiger partial charge in [-0.1, -0.05) is 42.5 Å². The Hall–Kier alpha value is -3.35. The Morgan fingerprint density at radius 2 is 1.73 bits per heavy atom. The van der Waals surface area contributed by atoms with Gasteiger partial charge in [-0.25, -0.2) is 0 Å². The predicted octanol–water partition coefficient (Wildman–Crippen LogP) is 2.64. The molecular weight excluding hydrogens is 384 g/mol. The molecular formula is C23H26N2O5. The number of ether oxygens (including phenoxy) is 2. The van der Waals surface area contributed by atoms with E-state index in [9.17, 15) is 14.4 Å². The van der Waals surface area contributed by atoms with Gasteiger partial charge >= 0.3 is 5.97 Å². The third kappa shape index (κ3) is 4.30. The van der Waals surface area contributed by atoms with Gasteiger partial charge in [-0.05, 0) is 24.6 Å². The van der Waals surface area contributed by atoms with E-state index in [4.69, 9.17) is 9.47 Å². The second kappa shape index (κ2) is 9.43. The zero-order valence-electron chi connectivity index (χ0n) is 17.4. The summed E-state index contributed by atoms with van der Waals surface area (Å²) in [4.78, 5) is 41.3. The minimum Gasteiger partial charge on any atom is -0.495 e. The van der Waals surface area contributed by atoms with Crippen molar-refractivity contribution in [3.05, 3.63) is 60.2 Å². The molecule has 1 fully saturated rings. The van der Waals surface area contributed by atoms with Gasteiger partial charge in [0, 0.05) is 13.6 Å². The lowest BCUT2D eigenvalue weighted by atomic mass is 9.82. The van der Waals surface area contributed by atoms with Crippen LogP contribution < -0.4 is 9.64 Å². The molecule has 0 bridgehead atoms. The molecule has 30 heavy (non-hydrogen) atoms. The molecule has 1 saturated heterocycles. The number of amides is 2. The average molecular weight is 410 g/mol. The van der Waals surface area contributed by atoms with E-state index in [0.29, 0.717) is 18.0 Å². The Kier molecular flexibility index (Phi) is 6.72. The third-order valence-electron chi connectivity index (χ3n) is 5.14. The minimum atomic E-state index is -0.799. The molecule has 0 aliphatic carbocycles. The number of carbonyl (C=O) groups is 3. The second-order valence-electron chi connectivity index (χ2n) is 7.12. The van der Waals surface area contributed by atoms with Crippen molar-refractivity contribution < 1.29 is 23.9 Å². The quantitative estimate of drug-likeness (QED) is 0.494. The number of esters is 1. The fourth-order valence-electron chi connectivity index (χ4n) is 3.69. The van der Waals surface area contributed by atoms with Gasteiger partial charge < -0.3 is 14.4 Å². The van der Waals surface area contributed by atoms with Crippen molar-refractivity contribution in [3.8, 4) is 5.75 Å². The van der Waals surface area contributed by atoms with E-state index in [1.165, 1.54) is 12.0 Å². The van der Waals surface area contributed by atoms with E-state index in [-0.39, 0.29) is 24.8 Å². The molecule has 2 atom stereocenters. The monoisotopic (exact) mass is 410 g/mol. The number of para-hydroxylation sites is 2. The molecule has 2 amide bonds. The summed E-state index contributed by atoms with van der Waals surface area (Å²) in [5.41, 5.74) is 1.49. The first kappa shape index (κ1) is 21.4. The lowest BCUT2D eigenvalue weighted by Crippen LogP contribution is -2.67. The standard InChI is InChI=1S/C23H26N2O5/c1-4-30-20(26)14-17-21(23(28)24(2)15-16-10-6-5-7-11-16)25(22(17)27)18-12-8-9-13-19(18)29-3/h5-13,17,21H,4,14-15H2,1-3H3. The van der Waals surface area contributed by atoms with Crippen LogP contribution in [0.2, 0.25) is 0 Å². The second-order valence-corrected chi connectivity index (χ2v) is 7.12. The molecule has 1 aliphatic rings. The highest BCUT2D eigenvalue weighted by atomic mass is 16.5. The largest absolute Gasteiger partial charge is 0.495 e. The van der Waals surface area contributed by atoms with Crippen LogP contribution in [0.4, 0.5) is 5.69 Å². The average Bonchev–Trinajstić information content (AvgIpc) is 2.76. The molecule has 1 aliphatic heterocycles. The van der Waals surface area contributed by atoms with Gasteiger partial charge in [-0.3, -0.25) is 19.3 Å². The molecule has 7 heteroatoms. The normalized spacial score (nSPS) is 17.8. The fourth-order valence-corrected chi connectivity index (χ4v) is 3.69. The number of benzene rings is 2. The van der Waals surface area contributed by atoms with Crippen molar-refractivity contribution in [1.29, 1.82) is 0 Å². The number of hydrogen-bond acceptors (Lipinski definition) is 5. The lowest BCUT2D eigenvalue weighted by Gasteiger charge is -2.47. The zero-order chi connectivity index (χ0) is 21.7. The van der Waals surface area contributed by atoms with E-state index in [1.807, 2.05) is 30.3 Å². The number of anilines is 1. The van der Waals surface area contributed by atoms with Crippen molar-refractivity contribution >= 4 is 23.5 Å². The molecule has 0 radical (unpaired) electrons. The van der Waals surface area contributed by atoms with E-state index in [2.05, 4.69) is 0 Å². The number of likely N-dealkylation sites (N-methyl/N-ethyl adjacent to an activating group) is 1. The highest BCUT2D eigenvalue weighted by molar-refractivity contribution is 6.13. The number of methoxy groups -OCH3 is 1. The first-order valence-corrected chi connectivity index (χ1v) is 9.88. The van der Waals surface area contributed by atoms with Crippen LogP contribution >= 0.6 is 0 Å². The summed E-state index contributed by atoms with van der Waals surface area (Å²) in [6.45, 7) is 2.33. The summed E-state index contributed by atoms with van der Waals surface area (Å²) in [6, 6.07) is 15.8. The first-order valence-electron chi connectivity index (χ1n) is 9.88. The van der Waals surface area contributed by atoms with Gasteiger partial charge in [-0.15, -0.1) is 0 Å². The summed E-state index contributed by atoms with van der Waals surface area (Å²) in [5.74, 6) is -1.29. The predicted molar refractivity (Wildman–Crippen MR) is 112 cm³/mol. The molecule has 3 rings (SSSR count). The molecule has 158 valence electrons. The summed E-state index contributed by atoms with van der Waals surface area (Å²) in [7, 11) is 3.21. The third-order valence-corrected chi connectivity index (χ3v) is 5.14. The lowest BCUT2D eigenvalue weighted by molar-refractivity contribution is -0.152. The van der Waals surface area contributed by atoms with Gasteiger partial charge in [0.2, 0.25) is 11.8 Å². The number of carbonyl (C=O) groups excluding carboxylic acids is 3. The van der Waals surface area contributed by atoms with Crippen molar-refractivity contribution in [3.63, 3.8) is 0 Å². The van der Waals surface area contributed by atoms with Gasteiger partial charge in [0.15, 0.2) is 0 Å². The van der Waals surface area contributed by atoms with Crippen LogP contribution in [-0.4, -0.2) is 49.5 Å². The van der Waals surface area contributed by atoms with Crippen LogP contribution in [0.3, 0.4) is 0 Å². The van der Waals surface area contributed by atoms with Crippen LogP contribution in [0, 0.1) is 5.92 Å². The number of β-lactam (4-membered cyclic amide) rings is 1. The molecule has 0 N–H and O–H groups in total. The summed E-state index contributed by atoms with van der Waals surface area (Å²) >= 11 is 0. The Morgan fingerprint density at radius 1 is 1.07 bits per heavy atom. The Labute approximate surface area is 176 Å². The zero-order valence-corrected chi connectivity index (χ0v) is 17.4. The van der Waals surface area contributed by atoms with Gasteiger partial charge in [0.25, 0.3) is 0 Å². The van der Waals surface area contributed by atoms with E-state index < -0.39 is 17.9 Å². The molecule has 0 aromatic heterocycles. The molecule has 0 saturated carbocycles. The fraction of sp³-hybridized carbons (Fsp3) is 0.348. The highest BCUT2D eigenvalue weighted by Gasteiger charge is 2.54. The van der Waals surface area contributed by atoms with Crippen molar-refractivity contribution in [2.24, 2.45) is 5.92 Å². The maximum atomic E-state index is 13.3. The SMILES string of the molecule is CCOC(=O)CC1C(=O)N(c2ccccc2OC)C1C(=O)N(C)Cc1ccccc1. The Morgan fingerprint density at radius 3 is 2.40 bits per heavy atom. The molecule has 2 aromatic carbocycles.